The number of hydrogen-bond acceptors (Lipinski definition) is 3. The summed E-state index contributed by atoms with van der Waals surface area (Å²) in [6.07, 6.45) is 16.3. The largest absolute Gasteiger partial charge is 0.398 e. The van der Waals surface area contributed by atoms with Crippen molar-refractivity contribution in [2.45, 2.75) is 58.3 Å². The Morgan fingerprint density at radius 2 is 1.95 bits per heavy atom. The normalized spacial score (nSPS) is 13.7. The molecule has 0 heterocycles. The smallest absolute Gasteiger partial charge is 0.0968 e. The van der Waals surface area contributed by atoms with Crippen molar-refractivity contribution in [2.24, 2.45) is 5.73 Å². The van der Waals surface area contributed by atoms with Crippen LogP contribution in [0.25, 0.3) is 0 Å². The molecule has 0 atom stereocenters. The number of nitrogens with zero attached hydrogens (tertiary/aromatic N) is 1. The fourth-order valence-electron chi connectivity index (χ4n) is 1.83. The molecular formula is C16H28N2S. The molecule has 0 unspecified atom stereocenters. The van der Waals surface area contributed by atoms with Crippen molar-refractivity contribution < 1.29 is 0 Å². The number of hydrogen-bond donors (Lipinski definition) is 1. The molecule has 0 fully saturated rings. The monoisotopic (exact) mass is 280 g/mol. The highest BCUT2D eigenvalue weighted by Gasteiger charge is 2.02. The first-order valence-electron chi connectivity index (χ1n) is 7.30. The highest BCUT2D eigenvalue weighted by molar-refractivity contribution is 7.98. The lowest BCUT2D eigenvalue weighted by Crippen LogP contribution is -2.01. The molecule has 108 valence electrons. The molecule has 0 spiro atoms. The number of thioether (sulfide) groups is 1. The van der Waals surface area contributed by atoms with Crippen molar-refractivity contribution in [2.75, 3.05) is 12.0 Å². The molecule has 2 nitrogen and oxygen atoms in total. The van der Waals surface area contributed by atoms with Gasteiger partial charge in [0.1, 0.15) is 0 Å². The van der Waals surface area contributed by atoms with Gasteiger partial charge < -0.3 is 5.73 Å². The average molecular weight is 280 g/mol. The molecule has 0 saturated heterocycles. The standard InChI is InChI=1S/C9H20S.C7H8N2/c1-3-4-5-6-7-8-9-10-2;8-5-6-3-1-2-4-7(6)9/h3-9H2,1-2H3;2,4H,1,3,9H2. The summed E-state index contributed by atoms with van der Waals surface area (Å²) >= 11 is 1.97. The number of nitrogens with two attached hydrogens (primary N) is 1. The van der Waals surface area contributed by atoms with E-state index in [-0.39, 0.29) is 0 Å². The fourth-order valence-corrected chi connectivity index (χ4v) is 2.32. The van der Waals surface area contributed by atoms with E-state index in [9.17, 15) is 0 Å². The summed E-state index contributed by atoms with van der Waals surface area (Å²) in [5.74, 6) is 1.35. The highest BCUT2D eigenvalue weighted by atomic mass is 32.2. The van der Waals surface area contributed by atoms with Crippen LogP contribution < -0.4 is 5.73 Å². The molecule has 1 aliphatic rings. The van der Waals surface area contributed by atoms with E-state index >= 15 is 0 Å². The minimum Gasteiger partial charge on any atom is -0.398 e. The van der Waals surface area contributed by atoms with Gasteiger partial charge >= 0.3 is 0 Å². The second kappa shape index (κ2) is 13.5. The lowest BCUT2D eigenvalue weighted by Gasteiger charge is -2.03. The Labute approximate surface area is 123 Å². The van der Waals surface area contributed by atoms with Crippen molar-refractivity contribution in [1.29, 1.82) is 5.26 Å². The van der Waals surface area contributed by atoms with Gasteiger partial charge in [-0.15, -0.1) is 0 Å². The van der Waals surface area contributed by atoms with Gasteiger partial charge in [0.05, 0.1) is 11.6 Å². The Bertz CT molecular complexity index is 305. The zero-order valence-corrected chi connectivity index (χ0v) is 13.3. The quantitative estimate of drug-likeness (QED) is 0.683. The van der Waals surface area contributed by atoms with E-state index in [1.165, 1.54) is 44.3 Å². The third-order valence-electron chi connectivity index (χ3n) is 3.04. The van der Waals surface area contributed by atoms with Crippen LogP contribution in [0.15, 0.2) is 23.4 Å². The lowest BCUT2D eigenvalue weighted by atomic mass is 10.0. The molecule has 19 heavy (non-hydrogen) atoms. The van der Waals surface area contributed by atoms with Gasteiger partial charge in [0.15, 0.2) is 0 Å². The average Bonchev–Trinajstić information content (AvgIpc) is 2.44. The summed E-state index contributed by atoms with van der Waals surface area (Å²) in [6, 6.07) is 2.06. The maximum absolute atomic E-state index is 8.44. The first-order chi connectivity index (χ1) is 9.26. The number of nitriles is 1. The Hall–Kier alpha value is -0.880. The van der Waals surface area contributed by atoms with Gasteiger partial charge in [-0.2, -0.15) is 17.0 Å². The van der Waals surface area contributed by atoms with Crippen LogP contribution >= 0.6 is 11.8 Å². The molecule has 0 aromatic rings. The molecule has 1 aliphatic carbocycles. The summed E-state index contributed by atoms with van der Waals surface area (Å²) in [5, 5.41) is 8.44. The van der Waals surface area contributed by atoms with Gasteiger partial charge in [-0.3, -0.25) is 0 Å². The number of allylic oxidation sites excluding steroid dienone is 3. The summed E-state index contributed by atoms with van der Waals surface area (Å²) in [5.41, 5.74) is 6.81. The first kappa shape index (κ1) is 18.1. The van der Waals surface area contributed by atoms with Crippen molar-refractivity contribution >= 4 is 11.8 Å². The van der Waals surface area contributed by atoms with Crippen molar-refractivity contribution in [3.63, 3.8) is 0 Å². The predicted molar refractivity (Wildman–Crippen MR) is 87.0 cm³/mol. The van der Waals surface area contributed by atoms with Gasteiger partial charge in [-0.25, -0.2) is 0 Å². The molecule has 0 bridgehead atoms. The zero-order chi connectivity index (χ0) is 14.3. The van der Waals surface area contributed by atoms with E-state index in [4.69, 9.17) is 11.0 Å². The molecule has 0 amide bonds. The van der Waals surface area contributed by atoms with Crippen LogP contribution in [-0.4, -0.2) is 12.0 Å². The van der Waals surface area contributed by atoms with Gasteiger partial charge in [0, 0.05) is 5.70 Å². The van der Waals surface area contributed by atoms with Crippen molar-refractivity contribution in [3.05, 3.63) is 23.4 Å². The van der Waals surface area contributed by atoms with E-state index in [0.717, 1.165) is 18.4 Å². The molecule has 0 saturated carbocycles. The molecule has 0 radical (unpaired) electrons. The van der Waals surface area contributed by atoms with Crippen LogP contribution in [0.4, 0.5) is 0 Å². The fraction of sp³-hybridized carbons (Fsp3) is 0.688. The zero-order valence-electron chi connectivity index (χ0n) is 12.5. The Balaban J connectivity index is 0.000000342. The van der Waals surface area contributed by atoms with Crippen LogP contribution in [0.5, 0.6) is 0 Å². The van der Waals surface area contributed by atoms with E-state index in [2.05, 4.69) is 19.2 Å². The summed E-state index contributed by atoms with van der Waals surface area (Å²) in [7, 11) is 0. The Morgan fingerprint density at radius 1 is 1.26 bits per heavy atom. The molecule has 0 aromatic heterocycles. The SMILES string of the molecule is CCCCCCCCSC.N#CC1=C(N)C=CCC1. The van der Waals surface area contributed by atoms with E-state index in [0.29, 0.717) is 5.70 Å². The van der Waals surface area contributed by atoms with Crippen molar-refractivity contribution in [1.82, 2.24) is 0 Å². The maximum atomic E-state index is 8.44. The minimum absolute atomic E-state index is 0.628. The van der Waals surface area contributed by atoms with Crippen LogP contribution in [0, 0.1) is 11.3 Å². The lowest BCUT2D eigenvalue weighted by molar-refractivity contribution is 0.627. The van der Waals surface area contributed by atoms with Gasteiger partial charge in [0.25, 0.3) is 0 Å². The molecule has 2 N–H and O–H groups in total. The first-order valence-corrected chi connectivity index (χ1v) is 8.69. The summed E-state index contributed by atoms with van der Waals surface area (Å²) in [4.78, 5) is 0. The minimum atomic E-state index is 0.628. The highest BCUT2D eigenvalue weighted by Crippen LogP contribution is 2.13. The number of rotatable bonds is 7. The van der Waals surface area contributed by atoms with E-state index < -0.39 is 0 Å². The molecule has 0 aromatic carbocycles. The summed E-state index contributed by atoms with van der Waals surface area (Å²) in [6.45, 7) is 2.27. The Kier molecular flexibility index (Phi) is 12.9. The molecule has 0 aliphatic heterocycles. The van der Waals surface area contributed by atoms with Gasteiger partial charge in [-0.05, 0) is 37.3 Å². The second-order valence-corrected chi connectivity index (χ2v) is 5.73. The van der Waals surface area contributed by atoms with Gasteiger partial charge in [0.2, 0.25) is 0 Å². The molecule has 1 rings (SSSR count). The number of unbranched alkanes of at least 4 members (excludes halogenated alkanes) is 5. The molecular weight excluding hydrogens is 252 g/mol. The summed E-state index contributed by atoms with van der Waals surface area (Å²) < 4.78 is 0. The topological polar surface area (TPSA) is 49.8 Å². The third kappa shape index (κ3) is 10.7. The van der Waals surface area contributed by atoms with Crippen LogP contribution in [0.2, 0.25) is 0 Å². The third-order valence-corrected chi connectivity index (χ3v) is 3.74. The van der Waals surface area contributed by atoms with E-state index in [1.807, 2.05) is 17.8 Å². The van der Waals surface area contributed by atoms with Crippen LogP contribution in [0.1, 0.15) is 58.3 Å². The molecule has 3 heteroatoms. The van der Waals surface area contributed by atoms with Crippen LogP contribution in [-0.2, 0) is 0 Å². The second-order valence-electron chi connectivity index (χ2n) is 4.75. The van der Waals surface area contributed by atoms with E-state index in [1.54, 1.807) is 6.08 Å². The predicted octanol–water partition coefficient (Wildman–Crippen LogP) is 4.78. The van der Waals surface area contributed by atoms with Crippen LogP contribution in [0.3, 0.4) is 0 Å². The van der Waals surface area contributed by atoms with Crippen molar-refractivity contribution in [3.8, 4) is 6.07 Å². The Morgan fingerprint density at radius 3 is 2.47 bits per heavy atom. The van der Waals surface area contributed by atoms with Gasteiger partial charge in [-0.1, -0.05) is 45.1 Å². The maximum Gasteiger partial charge on any atom is 0.0968 e.